The summed E-state index contributed by atoms with van der Waals surface area (Å²) >= 11 is 19.0. The molecule has 0 unspecified atom stereocenters. The second-order valence-electron chi connectivity index (χ2n) is 4.18. The molecule has 2 heterocycles. The van der Waals surface area contributed by atoms with Crippen molar-refractivity contribution in [2.24, 2.45) is 0 Å². The van der Waals surface area contributed by atoms with Gasteiger partial charge in [0.05, 0.1) is 21.5 Å². The molecule has 3 nitrogen and oxygen atoms in total. The van der Waals surface area contributed by atoms with Gasteiger partial charge < -0.3 is 4.90 Å². The molecule has 0 radical (unpaired) electrons. The first-order valence-corrected chi connectivity index (χ1v) is 7.91. The van der Waals surface area contributed by atoms with E-state index in [1.165, 1.54) is 23.6 Å². The van der Waals surface area contributed by atoms with Crippen LogP contribution in [0.15, 0.2) is 37.1 Å². The monoisotopic (exact) mass is 360 g/mol. The third-order valence-corrected chi connectivity index (χ3v) is 4.56. The quantitative estimate of drug-likeness (QED) is 0.558. The van der Waals surface area contributed by atoms with Crippen LogP contribution in [-0.4, -0.2) is 22.3 Å². The van der Waals surface area contributed by atoms with Crippen molar-refractivity contribution >= 4 is 52.0 Å². The number of aromatic nitrogens is 1. The third kappa shape index (κ3) is 4.20. The van der Waals surface area contributed by atoms with Crippen molar-refractivity contribution in [3.8, 4) is 0 Å². The van der Waals surface area contributed by atoms with Gasteiger partial charge in [0.2, 0.25) is 0 Å². The van der Waals surface area contributed by atoms with Crippen molar-refractivity contribution in [1.82, 2.24) is 9.88 Å². The molecular formula is C14H11Cl3N2OS. The molecule has 7 heteroatoms. The van der Waals surface area contributed by atoms with Gasteiger partial charge in [-0.25, -0.2) is 4.98 Å². The molecule has 0 saturated carbocycles. The Morgan fingerprint density at radius 3 is 2.71 bits per heavy atom. The Bertz CT molecular complexity index is 672. The molecule has 21 heavy (non-hydrogen) atoms. The van der Waals surface area contributed by atoms with Crippen molar-refractivity contribution in [3.05, 3.63) is 62.0 Å². The Kier molecular flexibility index (Phi) is 5.65. The minimum atomic E-state index is -0.189. The first-order valence-electron chi connectivity index (χ1n) is 5.96. The summed E-state index contributed by atoms with van der Waals surface area (Å²) in [4.78, 5) is 19.0. The summed E-state index contributed by atoms with van der Waals surface area (Å²) in [5, 5.41) is 0.425. The molecule has 2 rings (SSSR count). The van der Waals surface area contributed by atoms with Gasteiger partial charge in [0.1, 0.15) is 5.15 Å². The zero-order valence-electron chi connectivity index (χ0n) is 10.9. The van der Waals surface area contributed by atoms with E-state index >= 15 is 0 Å². The molecule has 0 aliphatic heterocycles. The highest BCUT2D eigenvalue weighted by Crippen LogP contribution is 2.24. The molecule has 2 aromatic rings. The van der Waals surface area contributed by atoms with Gasteiger partial charge in [0.25, 0.3) is 5.91 Å². The Labute approximate surface area is 141 Å². The van der Waals surface area contributed by atoms with Gasteiger partial charge in [-0.3, -0.25) is 4.79 Å². The van der Waals surface area contributed by atoms with E-state index in [9.17, 15) is 4.79 Å². The fourth-order valence-corrected chi connectivity index (χ4v) is 3.09. The average molecular weight is 362 g/mol. The van der Waals surface area contributed by atoms with E-state index in [-0.39, 0.29) is 16.1 Å². The predicted molar refractivity (Wildman–Crippen MR) is 88.5 cm³/mol. The third-order valence-electron chi connectivity index (χ3n) is 2.66. The standard InChI is InChI=1S/C14H11Cl3N2OS/c1-2-5-19(8-10-3-4-12(16)21-10)14(20)9-6-11(15)13(17)18-7-9/h2-4,6-7H,1,5,8H2. The maximum Gasteiger partial charge on any atom is 0.256 e. The number of amides is 1. The Morgan fingerprint density at radius 1 is 1.38 bits per heavy atom. The van der Waals surface area contributed by atoms with Crippen molar-refractivity contribution < 1.29 is 4.79 Å². The highest BCUT2D eigenvalue weighted by molar-refractivity contribution is 7.16. The van der Waals surface area contributed by atoms with Crippen LogP contribution in [-0.2, 0) is 6.54 Å². The van der Waals surface area contributed by atoms with Crippen molar-refractivity contribution in [3.63, 3.8) is 0 Å². The summed E-state index contributed by atoms with van der Waals surface area (Å²) in [6.45, 7) is 4.53. The lowest BCUT2D eigenvalue weighted by molar-refractivity contribution is 0.0764. The number of carbonyl (C=O) groups is 1. The summed E-state index contributed by atoms with van der Waals surface area (Å²) < 4.78 is 0.687. The van der Waals surface area contributed by atoms with Crippen LogP contribution in [0.3, 0.4) is 0 Å². The van der Waals surface area contributed by atoms with Crippen molar-refractivity contribution in [1.29, 1.82) is 0 Å². The number of pyridine rings is 1. The van der Waals surface area contributed by atoms with Gasteiger partial charge in [-0.05, 0) is 18.2 Å². The zero-order valence-corrected chi connectivity index (χ0v) is 13.9. The van der Waals surface area contributed by atoms with E-state index in [1.807, 2.05) is 6.07 Å². The van der Waals surface area contributed by atoms with E-state index in [1.54, 1.807) is 17.0 Å². The number of thiophene rings is 1. The molecular weight excluding hydrogens is 351 g/mol. The first-order chi connectivity index (χ1) is 10.0. The maximum absolute atomic E-state index is 12.5. The first kappa shape index (κ1) is 16.3. The lowest BCUT2D eigenvalue weighted by Gasteiger charge is -2.20. The van der Waals surface area contributed by atoms with Crippen LogP contribution >= 0.6 is 46.1 Å². The molecule has 0 aliphatic rings. The molecule has 0 bridgehead atoms. The minimum absolute atomic E-state index is 0.175. The van der Waals surface area contributed by atoms with Crippen LogP contribution in [0.25, 0.3) is 0 Å². The number of hydrogen-bond donors (Lipinski definition) is 0. The van der Waals surface area contributed by atoms with E-state index in [2.05, 4.69) is 11.6 Å². The molecule has 1 amide bonds. The van der Waals surface area contributed by atoms with Gasteiger partial charge >= 0.3 is 0 Å². The predicted octanol–water partition coefficient (Wildman–Crippen LogP) is 4.93. The second kappa shape index (κ2) is 7.27. The van der Waals surface area contributed by atoms with Gasteiger partial charge in [-0.2, -0.15) is 0 Å². The summed E-state index contributed by atoms with van der Waals surface area (Å²) in [7, 11) is 0. The van der Waals surface area contributed by atoms with Gasteiger partial charge in [0, 0.05) is 17.6 Å². The molecule has 0 atom stereocenters. The normalized spacial score (nSPS) is 10.4. The highest BCUT2D eigenvalue weighted by atomic mass is 35.5. The lowest BCUT2D eigenvalue weighted by Crippen LogP contribution is -2.30. The van der Waals surface area contributed by atoms with Crippen LogP contribution < -0.4 is 0 Å². The molecule has 0 aromatic carbocycles. The van der Waals surface area contributed by atoms with E-state index in [0.717, 1.165) is 4.88 Å². The fourth-order valence-electron chi connectivity index (χ4n) is 1.72. The molecule has 0 spiro atoms. The maximum atomic E-state index is 12.5. The molecule has 0 N–H and O–H groups in total. The van der Waals surface area contributed by atoms with Crippen molar-refractivity contribution in [2.45, 2.75) is 6.54 Å². The largest absolute Gasteiger partial charge is 0.330 e. The summed E-state index contributed by atoms with van der Waals surface area (Å²) in [6, 6.07) is 5.21. The van der Waals surface area contributed by atoms with Crippen molar-refractivity contribution in [2.75, 3.05) is 6.54 Å². The van der Waals surface area contributed by atoms with E-state index < -0.39 is 0 Å². The second-order valence-corrected chi connectivity index (χ2v) is 6.74. The van der Waals surface area contributed by atoms with E-state index in [0.29, 0.717) is 23.0 Å². The highest BCUT2D eigenvalue weighted by Gasteiger charge is 2.17. The van der Waals surface area contributed by atoms with Crippen LogP contribution in [0.2, 0.25) is 14.5 Å². The Hall–Kier alpha value is -1.07. The molecule has 0 saturated heterocycles. The molecule has 2 aromatic heterocycles. The zero-order chi connectivity index (χ0) is 15.4. The number of rotatable bonds is 5. The van der Waals surface area contributed by atoms with Gasteiger partial charge in [-0.15, -0.1) is 17.9 Å². The van der Waals surface area contributed by atoms with Crippen LogP contribution in [0.1, 0.15) is 15.2 Å². The molecule has 0 aliphatic carbocycles. The number of nitrogens with zero attached hydrogens (tertiary/aromatic N) is 2. The lowest BCUT2D eigenvalue weighted by atomic mass is 10.2. The number of carbonyl (C=O) groups excluding carboxylic acids is 1. The summed E-state index contributed by atoms with van der Waals surface area (Å²) in [5.74, 6) is -0.189. The summed E-state index contributed by atoms with van der Waals surface area (Å²) in [6.07, 6.45) is 3.08. The van der Waals surface area contributed by atoms with E-state index in [4.69, 9.17) is 34.8 Å². The minimum Gasteiger partial charge on any atom is -0.330 e. The smallest absolute Gasteiger partial charge is 0.256 e. The topological polar surface area (TPSA) is 33.2 Å². The fraction of sp³-hybridized carbons (Fsp3) is 0.143. The van der Waals surface area contributed by atoms with Crippen LogP contribution in [0, 0.1) is 0 Å². The summed E-state index contributed by atoms with van der Waals surface area (Å²) in [5.41, 5.74) is 0.383. The van der Waals surface area contributed by atoms with Gasteiger partial charge in [-0.1, -0.05) is 40.9 Å². The number of hydrogen-bond acceptors (Lipinski definition) is 3. The van der Waals surface area contributed by atoms with Gasteiger partial charge in [0.15, 0.2) is 0 Å². The number of halogens is 3. The average Bonchev–Trinajstić information content (AvgIpc) is 2.86. The SMILES string of the molecule is C=CCN(Cc1ccc(Cl)s1)C(=O)c1cnc(Cl)c(Cl)c1. The van der Waals surface area contributed by atoms with Crippen LogP contribution in [0.5, 0.6) is 0 Å². The molecule has 110 valence electrons. The Balaban J connectivity index is 2.22. The Morgan fingerprint density at radius 2 is 2.14 bits per heavy atom. The van der Waals surface area contributed by atoms with Crippen LogP contribution in [0.4, 0.5) is 0 Å². The molecule has 0 fully saturated rings.